The predicted octanol–water partition coefficient (Wildman–Crippen LogP) is 0.866. The molecule has 0 atom stereocenters. The van der Waals surface area contributed by atoms with Crippen molar-refractivity contribution in [1.82, 2.24) is 4.90 Å². The number of hydrogen-bond donors (Lipinski definition) is 2. The Hall–Kier alpha value is -2.66. The fourth-order valence-electron chi connectivity index (χ4n) is 1.48. The SMILES string of the molecule is CN(CCC#N)C(=O)c1cc(NN)ccc1[N+](=O)[O-]. The van der Waals surface area contributed by atoms with E-state index < -0.39 is 10.8 Å². The van der Waals surface area contributed by atoms with Crippen LogP contribution in [0.2, 0.25) is 0 Å². The standard InChI is InChI=1S/C11H13N5O3/c1-15(6-2-5-12)11(17)9-7-8(14-13)3-4-10(9)16(18)19/h3-4,7,14H,2,6,13H2,1H3. The molecule has 0 heterocycles. The second kappa shape index (κ2) is 6.32. The third-order valence-corrected chi connectivity index (χ3v) is 2.50. The van der Waals surface area contributed by atoms with Crippen LogP contribution in [0.4, 0.5) is 11.4 Å². The number of carbonyl (C=O) groups excluding carboxylic acids is 1. The van der Waals surface area contributed by atoms with Crippen LogP contribution in [0.5, 0.6) is 0 Å². The number of nitriles is 1. The topological polar surface area (TPSA) is 125 Å². The lowest BCUT2D eigenvalue weighted by atomic mass is 10.1. The minimum absolute atomic E-state index is 0.0686. The first kappa shape index (κ1) is 14.4. The Morgan fingerprint density at radius 2 is 2.32 bits per heavy atom. The van der Waals surface area contributed by atoms with Gasteiger partial charge in [0, 0.05) is 25.3 Å². The van der Waals surface area contributed by atoms with Gasteiger partial charge in [0.15, 0.2) is 0 Å². The fraction of sp³-hybridized carbons (Fsp3) is 0.273. The molecule has 1 rings (SSSR count). The Morgan fingerprint density at radius 1 is 1.63 bits per heavy atom. The molecule has 0 bridgehead atoms. The van der Waals surface area contributed by atoms with Gasteiger partial charge < -0.3 is 10.3 Å². The van der Waals surface area contributed by atoms with Crippen LogP contribution >= 0.6 is 0 Å². The normalized spacial score (nSPS) is 9.53. The van der Waals surface area contributed by atoms with Gasteiger partial charge in [-0.3, -0.25) is 20.8 Å². The maximum absolute atomic E-state index is 12.1. The first-order valence-corrected chi connectivity index (χ1v) is 5.38. The summed E-state index contributed by atoms with van der Waals surface area (Å²) in [7, 11) is 1.48. The minimum Gasteiger partial charge on any atom is -0.340 e. The van der Waals surface area contributed by atoms with E-state index in [0.717, 1.165) is 0 Å². The zero-order valence-electron chi connectivity index (χ0n) is 10.3. The molecule has 0 radical (unpaired) electrons. The van der Waals surface area contributed by atoms with Crippen molar-refractivity contribution >= 4 is 17.3 Å². The Kier molecular flexibility index (Phi) is 4.79. The molecular weight excluding hydrogens is 250 g/mol. The molecular formula is C11H13N5O3. The molecule has 8 heteroatoms. The van der Waals surface area contributed by atoms with Crippen molar-refractivity contribution in [3.63, 3.8) is 0 Å². The number of nitrogens with one attached hydrogen (secondary N) is 1. The van der Waals surface area contributed by atoms with Gasteiger partial charge in [-0.05, 0) is 12.1 Å². The molecule has 100 valence electrons. The number of anilines is 1. The van der Waals surface area contributed by atoms with Gasteiger partial charge >= 0.3 is 0 Å². The van der Waals surface area contributed by atoms with E-state index in [4.69, 9.17) is 11.1 Å². The summed E-state index contributed by atoms with van der Waals surface area (Å²) >= 11 is 0. The molecule has 1 aromatic rings. The number of nitro benzene ring substituents is 1. The molecule has 1 amide bonds. The molecule has 0 aromatic heterocycles. The Labute approximate surface area is 109 Å². The number of carbonyl (C=O) groups is 1. The number of nitrogens with zero attached hydrogens (tertiary/aromatic N) is 3. The monoisotopic (exact) mass is 263 g/mol. The largest absolute Gasteiger partial charge is 0.340 e. The van der Waals surface area contributed by atoms with Crippen molar-refractivity contribution in [3.8, 4) is 6.07 Å². The molecule has 8 nitrogen and oxygen atoms in total. The highest BCUT2D eigenvalue weighted by Gasteiger charge is 2.23. The van der Waals surface area contributed by atoms with E-state index in [0.29, 0.717) is 5.69 Å². The summed E-state index contributed by atoms with van der Waals surface area (Å²) in [6, 6.07) is 5.83. The summed E-state index contributed by atoms with van der Waals surface area (Å²) in [6.45, 7) is 0.201. The van der Waals surface area contributed by atoms with E-state index in [1.54, 1.807) is 0 Å². The molecule has 0 fully saturated rings. The van der Waals surface area contributed by atoms with Gasteiger partial charge in [-0.25, -0.2) is 0 Å². The fourth-order valence-corrected chi connectivity index (χ4v) is 1.48. The van der Waals surface area contributed by atoms with Crippen LogP contribution in [0.3, 0.4) is 0 Å². The summed E-state index contributed by atoms with van der Waals surface area (Å²) in [6.07, 6.45) is 0.158. The van der Waals surface area contributed by atoms with E-state index in [-0.39, 0.29) is 24.2 Å². The zero-order valence-corrected chi connectivity index (χ0v) is 10.3. The number of rotatable bonds is 5. The van der Waals surface area contributed by atoms with Crippen molar-refractivity contribution in [2.75, 3.05) is 19.0 Å². The van der Waals surface area contributed by atoms with Crippen molar-refractivity contribution < 1.29 is 9.72 Å². The number of hydrazine groups is 1. The van der Waals surface area contributed by atoms with Crippen LogP contribution in [-0.4, -0.2) is 29.3 Å². The van der Waals surface area contributed by atoms with Gasteiger partial charge in [0.25, 0.3) is 11.6 Å². The number of amides is 1. The molecule has 1 aromatic carbocycles. The zero-order chi connectivity index (χ0) is 14.4. The molecule has 0 aliphatic rings. The molecule has 0 unspecified atom stereocenters. The van der Waals surface area contributed by atoms with E-state index in [1.807, 2.05) is 6.07 Å². The lowest BCUT2D eigenvalue weighted by Gasteiger charge is -2.15. The molecule has 0 saturated heterocycles. The maximum atomic E-state index is 12.1. The lowest BCUT2D eigenvalue weighted by Crippen LogP contribution is -2.28. The second-order valence-electron chi connectivity index (χ2n) is 3.77. The molecule has 0 aliphatic carbocycles. The summed E-state index contributed by atoms with van der Waals surface area (Å²) < 4.78 is 0. The van der Waals surface area contributed by atoms with Crippen molar-refractivity contribution in [3.05, 3.63) is 33.9 Å². The average Bonchev–Trinajstić information content (AvgIpc) is 2.42. The summed E-state index contributed by atoms with van der Waals surface area (Å²) in [4.78, 5) is 23.6. The highest BCUT2D eigenvalue weighted by atomic mass is 16.6. The number of benzene rings is 1. The van der Waals surface area contributed by atoms with Crippen molar-refractivity contribution in [1.29, 1.82) is 5.26 Å². The van der Waals surface area contributed by atoms with Crippen LogP contribution in [0.15, 0.2) is 18.2 Å². The van der Waals surface area contributed by atoms with Crippen LogP contribution in [0.25, 0.3) is 0 Å². The first-order chi connectivity index (χ1) is 9.01. The Balaban J connectivity index is 3.12. The van der Waals surface area contributed by atoms with Gasteiger partial charge in [-0.1, -0.05) is 0 Å². The number of nitro groups is 1. The van der Waals surface area contributed by atoms with Gasteiger partial charge in [-0.2, -0.15) is 5.26 Å². The highest BCUT2D eigenvalue weighted by Crippen LogP contribution is 2.23. The van der Waals surface area contributed by atoms with Gasteiger partial charge in [0.2, 0.25) is 0 Å². The summed E-state index contributed by atoms with van der Waals surface area (Å²) in [5.74, 6) is 4.68. The predicted molar refractivity (Wildman–Crippen MR) is 68.1 cm³/mol. The molecule has 3 N–H and O–H groups in total. The molecule has 0 aliphatic heterocycles. The number of hydrogen-bond acceptors (Lipinski definition) is 6. The van der Waals surface area contributed by atoms with Crippen LogP contribution in [-0.2, 0) is 0 Å². The molecule has 19 heavy (non-hydrogen) atoms. The maximum Gasteiger partial charge on any atom is 0.282 e. The second-order valence-corrected chi connectivity index (χ2v) is 3.77. The third kappa shape index (κ3) is 3.40. The van der Waals surface area contributed by atoms with Crippen LogP contribution in [0, 0.1) is 21.4 Å². The van der Waals surface area contributed by atoms with E-state index in [2.05, 4.69) is 5.43 Å². The summed E-state index contributed by atoms with van der Waals surface area (Å²) in [5.41, 5.74) is 2.35. The summed E-state index contributed by atoms with van der Waals surface area (Å²) in [5, 5.41) is 19.4. The van der Waals surface area contributed by atoms with Crippen molar-refractivity contribution in [2.24, 2.45) is 5.84 Å². The molecule has 0 saturated carbocycles. The van der Waals surface area contributed by atoms with Crippen LogP contribution < -0.4 is 11.3 Å². The first-order valence-electron chi connectivity index (χ1n) is 5.38. The smallest absolute Gasteiger partial charge is 0.282 e. The molecule has 0 spiro atoms. The van der Waals surface area contributed by atoms with E-state index in [9.17, 15) is 14.9 Å². The van der Waals surface area contributed by atoms with Gasteiger partial charge in [-0.15, -0.1) is 0 Å². The Morgan fingerprint density at radius 3 is 2.84 bits per heavy atom. The van der Waals surface area contributed by atoms with Crippen LogP contribution in [0.1, 0.15) is 16.8 Å². The minimum atomic E-state index is -0.633. The van der Waals surface area contributed by atoms with E-state index in [1.165, 1.54) is 30.1 Å². The number of nitrogens with two attached hydrogens (primary N) is 1. The van der Waals surface area contributed by atoms with Gasteiger partial charge in [0.05, 0.1) is 17.4 Å². The number of nitrogen functional groups attached to an aromatic ring is 1. The van der Waals surface area contributed by atoms with Crippen molar-refractivity contribution in [2.45, 2.75) is 6.42 Å². The average molecular weight is 263 g/mol. The third-order valence-electron chi connectivity index (χ3n) is 2.50. The van der Waals surface area contributed by atoms with E-state index >= 15 is 0 Å². The highest BCUT2D eigenvalue weighted by molar-refractivity contribution is 5.99. The Bertz CT molecular complexity index is 538. The lowest BCUT2D eigenvalue weighted by molar-refractivity contribution is -0.385. The van der Waals surface area contributed by atoms with Gasteiger partial charge in [0.1, 0.15) is 5.56 Å². The quantitative estimate of drug-likeness (QED) is 0.461.